The smallest absolute Gasteiger partial charge is 0.399 e. The Hall–Kier alpha value is -1.23. The summed E-state index contributed by atoms with van der Waals surface area (Å²) in [4.78, 5) is 1.34. The van der Waals surface area contributed by atoms with E-state index in [9.17, 15) is 13.2 Å². The molecule has 0 aliphatic heterocycles. The summed E-state index contributed by atoms with van der Waals surface area (Å²) < 4.78 is 36.6. The first-order valence-electron chi connectivity index (χ1n) is 5.04. The molecule has 0 unspecified atom stereocenters. The number of nitrogens with two attached hydrogens (primary N) is 1. The summed E-state index contributed by atoms with van der Waals surface area (Å²) in [6.07, 6.45) is -4.15. The van der Waals surface area contributed by atoms with Crippen LogP contribution in [0, 0.1) is 0 Å². The molecule has 0 aliphatic carbocycles. The Kier molecular flexibility index (Phi) is 4.18. The number of rotatable bonds is 4. The van der Waals surface area contributed by atoms with Crippen LogP contribution in [0.4, 0.5) is 18.9 Å². The van der Waals surface area contributed by atoms with E-state index < -0.39 is 12.7 Å². The zero-order valence-corrected chi connectivity index (χ0v) is 9.09. The van der Waals surface area contributed by atoms with E-state index in [1.165, 1.54) is 4.90 Å². The molecule has 0 atom stereocenters. The maximum absolute atomic E-state index is 12.2. The predicted octanol–water partition coefficient (Wildman–Crippen LogP) is 2.65. The molecule has 90 valence electrons. The number of benzene rings is 1. The molecule has 0 spiro atoms. The van der Waals surface area contributed by atoms with Gasteiger partial charge in [0.25, 0.3) is 0 Å². The molecule has 0 radical (unpaired) electrons. The van der Waals surface area contributed by atoms with Gasteiger partial charge < -0.3 is 5.73 Å². The van der Waals surface area contributed by atoms with Gasteiger partial charge in [-0.15, -0.1) is 0 Å². The molecule has 0 aliphatic rings. The SMILES string of the molecule is CCN(Cc1ccc(N)cc1)CC(F)(F)F. The summed E-state index contributed by atoms with van der Waals surface area (Å²) in [6, 6.07) is 6.87. The average molecular weight is 232 g/mol. The van der Waals surface area contributed by atoms with Crippen molar-refractivity contribution < 1.29 is 13.2 Å². The molecule has 0 saturated carbocycles. The molecule has 1 rings (SSSR count). The Morgan fingerprint density at radius 3 is 2.19 bits per heavy atom. The zero-order valence-electron chi connectivity index (χ0n) is 9.09. The monoisotopic (exact) mass is 232 g/mol. The number of hydrogen-bond acceptors (Lipinski definition) is 2. The molecule has 1 aromatic carbocycles. The molecular formula is C11H15F3N2. The van der Waals surface area contributed by atoms with Crippen LogP contribution in [0.5, 0.6) is 0 Å². The highest BCUT2D eigenvalue weighted by Gasteiger charge is 2.29. The number of anilines is 1. The van der Waals surface area contributed by atoms with E-state index in [-0.39, 0.29) is 6.54 Å². The quantitative estimate of drug-likeness (QED) is 0.809. The van der Waals surface area contributed by atoms with Gasteiger partial charge in [0, 0.05) is 12.2 Å². The summed E-state index contributed by atoms with van der Waals surface area (Å²) in [5, 5.41) is 0. The Bertz CT molecular complexity index is 319. The molecule has 0 aromatic heterocycles. The minimum atomic E-state index is -4.15. The van der Waals surface area contributed by atoms with E-state index in [0.29, 0.717) is 12.2 Å². The molecule has 0 heterocycles. The molecule has 0 saturated heterocycles. The Labute approximate surface area is 92.9 Å². The van der Waals surface area contributed by atoms with Gasteiger partial charge >= 0.3 is 6.18 Å². The van der Waals surface area contributed by atoms with Crippen LogP contribution < -0.4 is 5.73 Å². The van der Waals surface area contributed by atoms with E-state index in [1.807, 2.05) is 0 Å². The van der Waals surface area contributed by atoms with Gasteiger partial charge in [-0.1, -0.05) is 19.1 Å². The fourth-order valence-electron chi connectivity index (χ4n) is 1.41. The van der Waals surface area contributed by atoms with E-state index in [4.69, 9.17) is 5.73 Å². The van der Waals surface area contributed by atoms with Crippen molar-refractivity contribution in [3.8, 4) is 0 Å². The van der Waals surface area contributed by atoms with Crippen LogP contribution in [0.1, 0.15) is 12.5 Å². The van der Waals surface area contributed by atoms with Crippen LogP contribution in [0.2, 0.25) is 0 Å². The molecule has 2 nitrogen and oxygen atoms in total. The van der Waals surface area contributed by atoms with Crippen LogP contribution in [0.15, 0.2) is 24.3 Å². The molecule has 2 N–H and O–H groups in total. The third kappa shape index (κ3) is 4.53. The summed E-state index contributed by atoms with van der Waals surface area (Å²) in [6.45, 7) is 1.48. The summed E-state index contributed by atoms with van der Waals surface area (Å²) in [7, 11) is 0. The van der Waals surface area contributed by atoms with Crippen LogP contribution in [-0.2, 0) is 6.54 Å². The highest BCUT2D eigenvalue weighted by molar-refractivity contribution is 5.39. The lowest BCUT2D eigenvalue weighted by molar-refractivity contribution is -0.146. The minimum Gasteiger partial charge on any atom is -0.399 e. The van der Waals surface area contributed by atoms with Crippen molar-refractivity contribution >= 4 is 5.69 Å². The first-order valence-corrected chi connectivity index (χ1v) is 5.04. The van der Waals surface area contributed by atoms with Gasteiger partial charge in [-0.25, -0.2) is 0 Å². The van der Waals surface area contributed by atoms with E-state index in [2.05, 4.69) is 0 Å². The maximum atomic E-state index is 12.2. The largest absolute Gasteiger partial charge is 0.401 e. The van der Waals surface area contributed by atoms with Crippen molar-refractivity contribution in [2.24, 2.45) is 0 Å². The summed E-state index contributed by atoms with van der Waals surface area (Å²) in [5.74, 6) is 0. The topological polar surface area (TPSA) is 29.3 Å². The van der Waals surface area contributed by atoms with Crippen molar-refractivity contribution in [3.63, 3.8) is 0 Å². The number of hydrogen-bond donors (Lipinski definition) is 1. The Morgan fingerprint density at radius 2 is 1.75 bits per heavy atom. The van der Waals surface area contributed by atoms with E-state index >= 15 is 0 Å². The third-order valence-corrected chi connectivity index (χ3v) is 2.24. The standard InChI is InChI=1S/C11H15F3N2/c1-2-16(8-11(12,13)14)7-9-3-5-10(15)6-4-9/h3-6H,2,7-8,15H2,1H3. The molecule has 0 fully saturated rings. The van der Waals surface area contributed by atoms with Crippen molar-refractivity contribution in [3.05, 3.63) is 29.8 Å². The first-order chi connectivity index (χ1) is 7.40. The van der Waals surface area contributed by atoms with Crippen LogP contribution in [-0.4, -0.2) is 24.2 Å². The molecule has 0 amide bonds. The van der Waals surface area contributed by atoms with Gasteiger partial charge in [0.1, 0.15) is 0 Å². The minimum absolute atomic E-state index is 0.288. The number of nitrogens with zero attached hydrogens (tertiary/aromatic N) is 1. The van der Waals surface area contributed by atoms with Gasteiger partial charge in [0.05, 0.1) is 6.54 Å². The van der Waals surface area contributed by atoms with Gasteiger partial charge in [0.2, 0.25) is 0 Å². The Balaban J connectivity index is 2.60. The van der Waals surface area contributed by atoms with Gasteiger partial charge in [-0.2, -0.15) is 13.2 Å². The highest BCUT2D eigenvalue weighted by atomic mass is 19.4. The molecular weight excluding hydrogens is 217 g/mol. The van der Waals surface area contributed by atoms with E-state index in [0.717, 1.165) is 5.56 Å². The predicted molar refractivity (Wildman–Crippen MR) is 57.9 cm³/mol. The number of halogens is 3. The van der Waals surface area contributed by atoms with Crippen LogP contribution >= 0.6 is 0 Å². The molecule has 16 heavy (non-hydrogen) atoms. The zero-order chi connectivity index (χ0) is 12.2. The second-order valence-electron chi connectivity index (χ2n) is 3.66. The van der Waals surface area contributed by atoms with Crippen molar-refractivity contribution in [1.82, 2.24) is 4.90 Å². The molecule has 1 aromatic rings. The van der Waals surface area contributed by atoms with Crippen molar-refractivity contribution in [2.45, 2.75) is 19.6 Å². The first kappa shape index (κ1) is 12.8. The van der Waals surface area contributed by atoms with Crippen molar-refractivity contribution in [1.29, 1.82) is 0 Å². The lowest BCUT2D eigenvalue weighted by Crippen LogP contribution is -2.33. The normalized spacial score (nSPS) is 12.1. The lowest BCUT2D eigenvalue weighted by Gasteiger charge is -2.21. The number of alkyl halides is 3. The molecule has 5 heteroatoms. The second-order valence-corrected chi connectivity index (χ2v) is 3.66. The molecule has 0 bridgehead atoms. The van der Waals surface area contributed by atoms with Gasteiger partial charge in [0.15, 0.2) is 0 Å². The van der Waals surface area contributed by atoms with Crippen LogP contribution in [0.3, 0.4) is 0 Å². The van der Waals surface area contributed by atoms with Gasteiger partial charge in [-0.3, -0.25) is 4.90 Å². The fourth-order valence-corrected chi connectivity index (χ4v) is 1.41. The van der Waals surface area contributed by atoms with Crippen molar-refractivity contribution in [2.75, 3.05) is 18.8 Å². The van der Waals surface area contributed by atoms with Gasteiger partial charge in [-0.05, 0) is 24.2 Å². The highest BCUT2D eigenvalue weighted by Crippen LogP contribution is 2.18. The maximum Gasteiger partial charge on any atom is 0.401 e. The fraction of sp³-hybridized carbons (Fsp3) is 0.455. The third-order valence-electron chi connectivity index (χ3n) is 2.24. The second kappa shape index (κ2) is 5.21. The Morgan fingerprint density at radius 1 is 1.19 bits per heavy atom. The summed E-state index contributed by atoms with van der Waals surface area (Å²) >= 11 is 0. The summed E-state index contributed by atoms with van der Waals surface area (Å²) in [5.41, 5.74) is 6.95. The average Bonchev–Trinajstić information content (AvgIpc) is 2.18. The lowest BCUT2D eigenvalue weighted by atomic mass is 10.2. The van der Waals surface area contributed by atoms with E-state index in [1.54, 1.807) is 31.2 Å². The number of nitrogen functional groups attached to an aromatic ring is 1. The van der Waals surface area contributed by atoms with Crippen LogP contribution in [0.25, 0.3) is 0 Å².